The van der Waals surface area contributed by atoms with E-state index in [-0.39, 0.29) is 66.6 Å². The van der Waals surface area contributed by atoms with Crippen LogP contribution in [0, 0.1) is 46.3 Å². The predicted molar refractivity (Wildman–Crippen MR) is 175 cm³/mol. The van der Waals surface area contributed by atoms with Gasteiger partial charge in [0.05, 0.1) is 25.7 Å². The Morgan fingerprint density at radius 2 is 1.75 bits per heavy atom. The standard InChI is InChI=1S/C34H56NO7PS/c1-6-7-8-30(38)35-24-11-15-33(3)23(20-24)21-29(37)32-27-10-9-26(34(27,4)16-12-28(32)33)22(2)19-25(36)13-17-41-31(39)14-18-42-43(5,40)44/h6-7,22-24,26-29,32,37H,8-21H2,1-5H3,(H,35,38)(H,40,44)/t22-,23?,24-,26?,27?,28?,29?,32?,33+,34-,43?/m1/s1. The number of carbonyl (C=O) groups is 3. The van der Waals surface area contributed by atoms with Crippen molar-refractivity contribution in [3.8, 4) is 0 Å². The van der Waals surface area contributed by atoms with Gasteiger partial charge in [-0.2, -0.15) is 0 Å². The summed E-state index contributed by atoms with van der Waals surface area (Å²) in [7, 11) is 0. The van der Waals surface area contributed by atoms with E-state index < -0.39 is 12.5 Å². The zero-order valence-corrected chi connectivity index (χ0v) is 29.2. The fourth-order valence-electron chi connectivity index (χ4n) is 10.1. The molecule has 3 N–H and O–H groups in total. The molecule has 4 aliphatic carbocycles. The highest BCUT2D eigenvalue weighted by Gasteiger charge is 2.63. The molecule has 7 unspecified atom stereocenters. The Morgan fingerprint density at radius 3 is 2.45 bits per heavy atom. The van der Waals surface area contributed by atoms with Crippen LogP contribution >= 0.6 is 6.49 Å². The van der Waals surface area contributed by atoms with Gasteiger partial charge in [0.1, 0.15) is 5.78 Å². The number of aliphatic hydroxyl groups excluding tert-OH is 1. The number of nitrogens with one attached hydrogen (secondary N) is 1. The first-order valence-corrected chi connectivity index (χ1v) is 20.0. The molecule has 0 bridgehead atoms. The molecule has 4 aliphatic rings. The van der Waals surface area contributed by atoms with E-state index in [4.69, 9.17) is 21.1 Å². The number of Topliss-reactive ketones (excluding diaryl/α,β-unsaturated/α-hetero) is 1. The van der Waals surface area contributed by atoms with E-state index in [1.807, 2.05) is 19.1 Å². The molecular weight excluding hydrogens is 597 g/mol. The van der Waals surface area contributed by atoms with Gasteiger partial charge in [-0.1, -0.05) is 32.9 Å². The van der Waals surface area contributed by atoms with Crippen LogP contribution in [0.3, 0.4) is 0 Å². The monoisotopic (exact) mass is 653 g/mol. The number of hydrogen-bond donors (Lipinski definition) is 3. The van der Waals surface area contributed by atoms with Gasteiger partial charge in [0, 0.05) is 32.0 Å². The van der Waals surface area contributed by atoms with Crippen molar-refractivity contribution in [3.63, 3.8) is 0 Å². The molecule has 8 nitrogen and oxygen atoms in total. The quantitative estimate of drug-likeness (QED) is 0.127. The Kier molecular flexibility index (Phi) is 12.0. The van der Waals surface area contributed by atoms with E-state index in [9.17, 15) is 24.4 Å². The summed E-state index contributed by atoms with van der Waals surface area (Å²) >= 11 is 4.80. The Balaban J connectivity index is 1.30. The Labute approximate surface area is 269 Å². The summed E-state index contributed by atoms with van der Waals surface area (Å²) < 4.78 is 10.3. The van der Waals surface area contributed by atoms with Gasteiger partial charge < -0.3 is 24.6 Å². The van der Waals surface area contributed by atoms with Crippen LogP contribution in [0.4, 0.5) is 0 Å². The van der Waals surface area contributed by atoms with Gasteiger partial charge >= 0.3 is 5.97 Å². The highest BCUT2D eigenvalue weighted by molar-refractivity contribution is 8.09. The number of hydrogen-bond acceptors (Lipinski definition) is 7. The maximum absolute atomic E-state index is 12.9. The number of rotatable bonds is 13. The highest BCUT2D eigenvalue weighted by Crippen LogP contribution is 2.68. The molecular formula is C34H56NO7PS. The Hall–Kier alpha value is -1.12. The molecule has 4 fully saturated rings. The number of carbonyl (C=O) groups excluding carboxylic acids is 3. The fraction of sp³-hybridized carbons (Fsp3) is 0.853. The number of aliphatic hydroxyl groups is 1. The molecule has 0 saturated heterocycles. The highest BCUT2D eigenvalue weighted by atomic mass is 32.5. The molecule has 4 rings (SSSR count). The van der Waals surface area contributed by atoms with Gasteiger partial charge in [0.2, 0.25) is 5.91 Å². The average Bonchev–Trinajstić information content (AvgIpc) is 3.29. The minimum atomic E-state index is -2.79. The smallest absolute Gasteiger partial charge is 0.308 e. The van der Waals surface area contributed by atoms with E-state index in [1.165, 1.54) is 6.66 Å². The van der Waals surface area contributed by atoms with Crippen LogP contribution in [-0.2, 0) is 35.5 Å². The summed E-state index contributed by atoms with van der Waals surface area (Å²) in [5.41, 5.74) is 0.313. The molecule has 0 aromatic rings. The van der Waals surface area contributed by atoms with Crippen molar-refractivity contribution < 1.29 is 33.6 Å². The zero-order valence-electron chi connectivity index (χ0n) is 27.5. The van der Waals surface area contributed by atoms with E-state index in [0.717, 1.165) is 51.4 Å². The van der Waals surface area contributed by atoms with E-state index >= 15 is 0 Å². The van der Waals surface area contributed by atoms with Crippen LogP contribution in [0.1, 0.15) is 105 Å². The average molecular weight is 654 g/mol. The van der Waals surface area contributed by atoms with Gasteiger partial charge in [0.25, 0.3) is 0 Å². The van der Waals surface area contributed by atoms with Crippen molar-refractivity contribution >= 4 is 36.0 Å². The number of allylic oxidation sites excluding steroid dienone is 1. The number of fused-ring (bicyclic) bond motifs is 5. The van der Waals surface area contributed by atoms with Crippen molar-refractivity contribution in [2.75, 3.05) is 19.9 Å². The van der Waals surface area contributed by atoms with Crippen molar-refractivity contribution in [1.82, 2.24) is 5.32 Å². The second-order valence-corrected chi connectivity index (χ2v) is 18.8. The summed E-state index contributed by atoms with van der Waals surface area (Å²) in [6.45, 7) is 7.75. The first-order chi connectivity index (χ1) is 20.7. The normalized spacial score (nSPS) is 38.6. The summed E-state index contributed by atoms with van der Waals surface area (Å²) in [5, 5.41) is 15.0. The maximum Gasteiger partial charge on any atom is 0.308 e. The van der Waals surface area contributed by atoms with Gasteiger partial charge in [0.15, 0.2) is 6.49 Å². The lowest BCUT2D eigenvalue weighted by Crippen LogP contribution is -2.59. The van der Waals surface area contributed by atoms with E-state index in [1.54, 1.807) is 0 Å². The lowest BCUT2D eigenvalue weighted by molar-refractivity contribution is -0.167. The van der Waals surface area contributed by atoms with Gasteiger partial charge in [-0.3, -0.25) is 14.4 Å². The number of amides is 1. The van der Waals surface area contributed by atoms with Crippen LogP contribution in [0.25, 0.3) is 0 Å². The van der Waals surface area contributed by atoms with E-state index in [0.29, 0.717) is 42.4 Å². The third-order valence-corrected chi connectivity index (χ3v) is 13.2. The summed E-state index contributed by atoms with van der Waals surface area (Å²) in [6, 6.07) is 0.200. The molecule has 11 atom stereocenters. The minimum absolute atomic E-state index is 0.00100. The lowest BCUT2D eigenvalue weighted by atomic mass is 9.43. The second kappa shape index (κ2) is 14.8. The number of ketones is 1. The largest absolute Gasteiger partial charge is 0.465 e. The molecule has 4 saturated carbocycles. The van der Waals surface area contributed by atoms with Crippen LogP contribution in [0.5, 0.6) is 0 Å². The molecule has 0 aromatic carbocycles. The number of esters is 1. The van der Waals surface area contributed by atoms with Gasteiger partial charge in [-0.25, -0.2) is 0 Å². The SMILES string of the molecule is CC=CCC(=O)N[C@@H]1CC[C@@]2(C)C(CC(O)C3C2CC[C@@]2(C)C3CCC2[C@H](C)CC(=O)CCOC(=O)CCOP(C)(O)=S)C1. The molecule has 1 amide bonds. The Bertz CT molecular complexity index is 1120. The third kappa shape index (κ3) is 8.23. The molecule has 0 radical (unpaired) electrons. The van der Waals surface area contributed by atoms with Crippen LogP contribution in [-0.4, -0.2) is 59.7 Å². The van der Waals surface area contributed by atoms with Gasteiger partial charge in [-0.15, -0.1) is 0 Å². The zero-order chi connectivity index (χ0) is 32.3. The lowest BCUT2D eigenvalue weighted by Gasteiger charge is -2.62. The van der Waals surface area contributed by atoms with Crippen LogP contribution in [0.15, 0.2) is 12.2 Å². The third-order valence-electron chi connectivity index (χ3n) is 12.2. The predicted octanol–water partition coefficient (Wildman–Crippen LogP) is 5.93. The maximum atomic E-state index is 12.9. The Morgan fingerprint density at radius 1 is 1.05 bits per heavy atom. The molecule has 250 valence electrons. The first-order valence-electron chi connectivity index (χ1n) is 16.9. The molecule has 0 heterocycles. The van der Waals surface area contributed by atoms with Crippen molar-refractivity contribution in [3.05, 3.63) is 12.2 Å². The van der Waals surface area contributed by atoms with Crippen molar-refractivity contribution in [2.24, 2.45) is 46.3 Å². The van der Waals surface area contributed by atoms with Crippen molar-refractivity contribution in [1.29, 1.82) is 0 Å². The second-order valence-electron chi connectivity index (χ2n) is 14.9. The number of ether oxygens (including phenoxy) is 1. The molecule has 10 heteroatoms. The first kappa shape index (κ1) is 35.7. The molecule has 0 spiro atoms. The molecule has 44 heavy (non-hydrogen) atoms. The van der Waals surface area contributed by atoms with Crippen LogP contribution < -0.4 is 5.32 Å². The van der Waals surface area contributed by atoms with Crippen LogP contribution in [0.2, 0.25) is 0 Å². The van der Waals surface area contributed by atoms with Gasteiger partial charge in [-0.05, 0) is 116 Å². The summed E-state index contributed by atoms with van der Waals surface area (Å²) in [4.78, 5) is 46.7. The topological polar surface area (TPSA) is 122 Å². The molecule has 0 aliphatic heterocycles. The van der Waals surface area contributed by atoms with Crippen molar-refractivity contribution in [2.45, 2.75) is 117 Å². The summed E-state index contributed by atoms with van der Waals surface area (Å²) in [6.07, 6.45) is 13.0. The summed E-state index contributed by atoms with van der Waals surface area (Å²) in [5.74, 6) is 2.13. The van der Waals surface area contributed by atoms with E-state index in [2.05, 4.69) is 26.1 Å². The minimum Gasteiger partial charge on any atom is -0.465 e. The molecule has 0 aromatic heterocycles. The fourth-order valence-corrected chi connectivity index (χ4v) is 10.7.